The quantitative estimate of drug-likeness (QED) is 0.0430. The predicted octanol–water partition coefficient (Wildman–Crippen LogP) is 10.7. The van der Waals surface area contributed by atoms with Crippen molar-refractivity contribution < 1.29 is 19.5 Å². The second-order valence-corrected chi connectivity index (χ2v) is 11.0. The Balaban J connectivity index is 3.88. The third-order valence-corrected chi connectivity index (χ3v) is 7.19. The van der Waals surface area contributed by atoms with Crippen molar-refractivity contribution in [1.29, 1.82) is 0 Å². The number of carbonyl (C=O) groups is 3. The van der Waals surface area contributed by atoms with E-state index < -0.39 is 23.5 Å². The zero-order valence-electron chi connectivity index (χ0n) is 25.9. The van der Waals surface area contributed by atoms with Gasteiger partial charge in [0.05, 0.1) is 0 Å². The maximum absolute atomic E-state index is 12.5. The van der Waals surface area contributed by atoms with Crippen molar-refractivity contribution >= 4 is 17.5 Å². The van der Waals surface area contributed by atoms with Crippen molar-refractivity contribution in [3.63, 3.8) is 0 Å². The topological polar surface area (TPSA) is 71.4 Å². The van der Waals surface area contributed by atoms with Gasteiger partial charge in [-0.1, -0.05) is 120 Å². The minimum atomic E-state index is -1.18. The highest BCUT2D eigenvalue weighted by Crippen LogP contribution is 2.16. The van der Waals surface area contributed by atoms with Gasteiger partial charge in [-0.25, -0.2) is 0 Å². The van der Waals surface area contributed by atoms with Gasteiger partial charge in [-0.05, 0) is 77.0 Å². The summed E-state index contributed by atoms with van der Waals surface area (Å²) in [5.74, 6) is -3.56. The summed E-state index contributed by atoms with van der Waals surface area (Å²) in [5, 5.41) is 9.49. The smallest absolute Gasteiger partial charge is 0.314 e. The normalized spacial score (nSPS) is 12.8. The second-order valence-electron chi connectivity index (χ2n) is 11.0. The number of unbranched alkanes of at least 4 members (excludes halogenated alkanes) is 14. The summed E-state index contributed by atoms with van der Waals surface area (Å²) >= 11 is 0. The standard InChI is InChI=1S/C36H60O4/c1-3-5-7-9-11-13-15-17-19-21-23-25-27-29-31-33(36(39)40)35(38)34(37)32-30-28-26-24-22-20-18-16-14-12-10-8-6-4-2/h11-14,17-20,33H,3-10,15-16,21-32H2,1-2H3,(H,39,40)/b13-11-,14-12-,19-17-,20-18-. The number of carbonyl (C=O) groups excluding carboxylic acids is 2. The van der Waals surface area contributed by atoms with Crippen LogP contribution in [0, 0.1) is 5.92 Å². The van der Waals surface area contributed by atoms with Gasteiger partial charge in [-0.2, -0.15) is 0 Å². The third-order valence-electron chi connectivity index (χ3n) is 7.19. The zero-order chi connectivity index (χ0) is 29.5. The van der Waals surface area contributed by atoms with Crippen LogP contribution in [-0.4, -0.2) is 22.6 Å². The molecule has 1 N–H and O–H groups in total. The van der Waals surface area contributed by atoms with Crippen molar-refractivity contribution in [1.82, 2.24) is 0 Å². The number of carboxylic acids is 1. The molecular formula is C36H60O4. The largest absolute Gasteiger partial charge is 0.481 e. The molecular weight excluding hydrogens is 496 g/mol. The highest BCUT2D eigenvalue weighted by molar-refractivity contribution is 6.40. The first kappa shape index (κ1) is 37.8. The molecule has 0 rings (SSSR count). The summed E-state index contributed by atoms with van der Waals surface area (Å²) < 4.78 is 0. The molecule has 0 bridgehead atoms. The fourth-order valence-corrected chi connectivity index (χ4v) is 4.59. The third kappa shape index (κ3) is 24.8. The molecule has 0 spiro atoms. The van der Waals surface area contributed by atoms with Crippen LogP contribution in [0.2, 0.25) is 0 Å². The van der Waals surface area contributed by atoms with E-state index in [0.717, 1.165) is 64.2 Å². The summed E-state index contributed by atoms with van der Waals surface area (Å²) in [4.78, 5) is 36.4. The summed E-state index contributed by atoms with van der Waals surface area (Å²) in [7, 11) is 0. The maximum Gasteiger partial charge on any atom is 0.314 e. The molecule has 4 nitrogen and oxygen atoms in total. The van der Waals surface area contributed by atoms with E-state index in [4.69, 9.17) is 0 Å². The lowest BCUT2D eigenvalue weighted by Gasteiger charge is -2.10. The fourth-order valence-electron chi connectivity index (χ4n) is 4.59. The van der Waals surface area contributed by atoms with Crippen LogP contribution in [0.4, 0.5) is 0 Å². The number of rotatable bonds is 29. The van der Waals surface area contributed by atoms with Crippen LogP contribution in [0.15, 0.2) is 48.6 Å². The van der Waals surface area contributed by atoms with Crippen LogP contribution in [0.5, 0.6) is 0 Å². The Kier molecular flexibility index (Phi) is 28.1. The molecule has 0 aliphatic heterocycles. The van der Waals surface area contributed by atoms with E-state index >= 15 is 0 Å². The van der Waals surface area contributed by atoms with Crippen LogP contribution in [-0.2, 0) is 14.4 Å². The minimum Gasteiger partial charge on any atom is -0.481 e. The number of aliphatic carboxylic acids is 1. The second kappa shape index (κ2) is 29.7. The van der Waals surface area contributed by atoms with Gasteiger partial charge in [-0.3, -0.25) is 14.4 Å². The van der Waals surface area contributed by atoms with Crippen molar-refractivity contribution in [3.8, 4) is 0 Å². The van der Waals surface area contributed by atoms with Crippen molar-refractivity contribution in [3.05, 3.63) is 48.6 Å². The van der Waals surface area contributed by atoms with Gasteiger partial charge >= 0.3 is 5.97 Å². The Morgan fingerprint density at radius 2 is 0.925 bits per heavy atom. The molecule has 1 atom stereocenters. The fraction of sp³-hybridized carbons (Fsp3) is 0.694. The molecule has 40 heavy (non-hydrogen) atoms. The van der Waals surface area contributed by atoms with Gasteiger partial charge in [0.1, 0.15) is 5.92 Å². The predicted molar refractivity (Wildman–Crippen MR) is 171 cm³/mol. The van der Waals surface area contributed by atoms with E-state index in [9.17, 15) is 19.5 Å². The molecule has 0 fully saturated rings. The van der Waals surface area contributed by atoms with E-state index in [2.05, 4.69) is 62.5 Å². The lowest BCUT2D eigenvalue weighted by atomic mass is 9.92. The van der Waals surface area contributed by atoms with E-state index in [0.29, 0.717) is 12.8 Å². The Labute approximate surface area is 246 Å². The molecule has 0 amide bonds. The minimum absolute atomic E-state index is 0.168. The molecule has 4 heteroatoms. The Morgan fingerprint density at radius 3 is 1.35 bits per heavy atom. The van der Waals surface area contributed by atoms with Crippen molar-refractivity contribution in [2.75, 3.05) is 0 Å². The highest BCUT2D eigenvalue weighted by atomic mass is 16.4. The highest BCUT2D eigenvalue weighted by Gasteiger charge is 2.30. The van der Waals surface area contributed by atoms with Crippen molar-refractivity contribution in [2.24, 2.45) is 5.92 Å². The average Bonchev–Trinajstić information content (AvgIpc) is 2.94. The van der Waals surface area contributed by atoms with Gasteiger partial charge in [0.2, 0.25) is 5.78 Å². The number of allylic oxidation sites excluding steroid dienone is 8. The van der Waals surface area contributed by atoms with Crippen LogP contribution >= 0.6 is 0 Å². The molecule has 0 radical (unpaired) electrons. The number of ketones is 2. The summed E-state index contributed by atoms with van der Waals surface area (Å²) in [5.41, 5.74) is 0. The lowest BCUT2D eigenvalue weighted by Crippen LogP contribution is -2.30. The number of carboxylic acid groups (broad SMARTS) is 1. The van der Waals surface area contributed by atoms with E-state index in [1.165, 1.54) is 51.4 Å². The summed E-state index contributed by atoms with van der Waals surface area (Å²) in [6.07, 6.45) is 39.6. The molecule has 0 aromatic rings. The first-order chi connectivity index (χ1) is 19.5. The lowest BCUT2D eigenvalue weighted by molar-refractivity contribution is -0.150. The Bertz CT molecular complexity index is 744. The molecule has 0 heterocycles. The summed E-state index contributed by atoms with van der Waals surface area (Å²) in [6, 6.07) is 0. The van der Waals surface area contributed by atoms with Crippen LogP contribution in [0.3, 0.4) is 0 Å². The number of hydrogen-bond donors (Lipinski definition) is 1. The number of hydrogen-bond acceptors (Lipinski definition) is 3. The van der Waals surface area contributed by atoms with Gasteiger partial charge < -0.3 is 5.11 Å². The van der Waals surface area contributed by atoms with Crippen molar-refractivity contribution in [2.45, 2.75) is 155 Å². The maximum atomic E-state index is 12.5. The Morgan fingerprint density at radius 1 is 0.525 bits per heavy atom. The van der Waals surface area contributed by atoms with Crippen LogP contribution in [0.1, 0.15) is 155 Å². The number of Topliss-reactive ketones (excluding diaryl/α,β-unsaturated/α-hetero) is 2. The summed E-state index contributed by atoms with van der Waals surface area (Å²) in [6.45, 7) is 4.44. The monoisotopic (exact) mass is 556 g/mol. The SMILES string of the molecule is CCCCC/C=C\C/C=C\CCCCCCC(=O)C(=O)C(CCCCCC/C=C\C/C=C\CCCCC)C(=O)O. The van der Waals surface area contributed by atoms with Crippen LogP contribution in [0.25, 0.3) is 0 Å². The molecule has 0 aliphatic carbocycles. The molecule has 0 aliphatic rings. The molecule has 0 saturated carbocycles. The first-order valence-electron chi connectivity index (χ1n) is 16.4. The van der Waals surface area contributed by atoms with E-state index in [-0.39, 0.29) is 12.8 Å². The first-order valence-corrected chi connectivity index (χ1v) is 16.4. The molecule has 0 saturated heterocycles. The van der Waals surface area contributed by atoms with Crippen LogP contribution < -0.4 is 0 Å². The Hall–Kier alpha value is -2.23. The zero-order valence-corrected chi connectivity index (χ0v) is 25.9. The van der Waals surface area contributed by atoms with Gasteiger partial charge in [0, 0.05) is 6.42 Å². The van der Waals surface area contributed by atoms with Gasteiger partial charge in [-0.15, -0.1) is 0 Å². The van der Waals surface area contributed by atoms with E-state index in [1.54, 1.807) is 0 Å². The van der Waals surface area contributed by atoms with E-state index in [1.807, 2.05) is 0 Å². The average molecular weight is 557 g/mol. The van der Waals surface area contributed by atoms with Gasteiger partial charge in [0.15, 0.2) is 5.78 Å². The molecule has 0 aromatic carbocycles. The molecule has 0 aromatic heterocycles. The molecule has 1 unspecified atom stereocenters. The van der Waals surface area contributed by atoms with Gasteiger partial charge in [0.25, 0.3) is 0 Å². The molecule has 228 valence electrons.